The van der Waals surface area contributed by atoms with E-state index in [0.717, 1.165) is 47.9 Å². The van der Waals surface area contributed by atoms with E-state index < -0.39 is 0 Å². The lowest BCUT2D eigenvalue weighted by molar-refractivity contribution is 0.596. The molecule has 0 aliphatic carbocycles. The fourth-order valence-corrected chi connectivity index (χ4v) is 4.29. The number of aryl methyl sites for hydroxylation is 1. The minimum absolute atomic E-state index is 0.160. The molecule has 0 bridgehead atoms. The van der Waals surface area contributed by atoms with Crippen LogP contribution >= 0.6 is 23.2 Å². The van der Waals surface area contributed by atoms with Crippen molar-refractivity contribution in [2.24, 2.45) is 4.99 Å². The average molecular weight is 559 g/mol. The molecule has 0 aliphatic rings. The molecular weight excluding hydrogens is 513 g/mol. The maximum atomic E-state index is 6.27. The van der Waals surface area contributed by atoms with Crippen molar-refractivity contribution in [1.82, 2.24) is 10.2 Å². The predicted octanol–water partition coefficient (Wildman–Crippen LogP) is 8.70. The van der Waals surface area contributed by atoms with Crippen LogP contribution in [0.5, 0.6) is 0 Å². The van der Waals surface area contributed by atoms with Gasteiger partial charge in [-0.15, -0.1) is 11.6 Å². The Hall–Kier alpha value is -2.89. The largest absolute Gasteiger partial charge is 0.385 e. The second kappa shape index (κ2) is 17.6. The molecule has 208 valence electrons. The highest BCUT2D eigenvalue weighted by Crippen LogP contribution is 2.22. The quantitative estimate of drug-likeness (QED) is 0.0822. The van der Waals surface area contributed by atoms with Crippen molar-refractivity contribution in [3.63, 3.8) is 0 Å². The number of nitrogens with one attached hydrogen (secondary N) is 3. The van der Waals surface area contributed by atoms with E-state index in [1.807, 2.05) is 37.2 Å². The highest BCUT2D eigenvalue weighted by Gasteiger charge is 2.12. The summed E-state index contributed by atoms with van der Waals surface area (Å²) in [6, 6.07) is 6.31. The van der Waals surface area contributed by atoms with Gasteiger partial charge < -0.3 is 20.9 Å². The number of halogens is 2. The molecule has 0 aliphatic heterocycles. The Kier molecular flexibility index (Phi) is 15.3. The molecule has 1 aromatic carbocycles. The topological polar surface area (TPSA) is 51.7 Å². The molecule has 38 heavy (non-hydrogen) atoms. The van der Waals surface area contributed by atoms with Crippen molar-refractivity contribution < 1.29 is 0 Å². The zero-order chi connectivity index (χ0) is 28.7. The third-order valence-corrected chi connectivity index (χ3v) is 6.20. The second-order valence-corrected chi connectivity index (χ2v) is 9.82. The molecular formula is C31H45Cl2N5. The van der Waals surface area contributed by atoms with Crippen LogP contribution in [0.3, 0.4) is 0 Å². The Bertz CT molecular complexity index is 1080. The van der Waals surface area contributed by atoms with Crippen molar-refractivity contribution in [2.45, 2.75) is 59.9 Å². The summed E-state index contributed by atoms with van der Waals surface area (Å²) in [7, 11) is 1.95. The minimum atomic E-state index is 0.160. The Morgan fingerprint density at radius 2 is 1.89 bits per heavy atom. The van der Waals surface area contributed by atoms with Gasteiger partial charge in [0.25, 0.3) is 0 Å². The molecule has 0 saturated heterocycles. The Labute approximate surface area is 240 Å². The van der Waals surface area contributed by atoms with E-state index in [-0.39, 0.29) is 6.04 Å². The van der Waals surface area contributed by atoms with E-state index in [2.05, 4.69) is 81.6 Å². The van der Waals surface area contributed by atoms with E-state index in [0.29, 0.717) is 23.2 Å². The van der Waals surface area contributed by atoms with Gasteiger partial charge in [0.2, 0.25) is 0 Å². The summed E-state index contributed by atoms with van der Waals surface area (Å²) in [5.41, 5.74) is 6.18. The van der Waals surface area contributed by atoms with Gasteiger partial charge in [0.1, 0.15) is 11.7 Å². The minimum Gasteiger partial charge on any atom is -0.385 e. The molecule has 7 heteroatoms. The molecule has 1 unspecified atom stereocenters. The summed E-state index contributed by atoms with van der Waals surface area (Å²) in [6.45, 7) is 23.6. The monoisotopic (exact) mass is 557 g/mol. The zero-order valence-corrected chi connectivity index (χ0v) is 25.4. The number of hydrogen-bond acceptors (Lipinski definition) is 4. The van der Waals surface area contributed by atoms with Gasteiger partial charge in [-0.1, -0.05) is 63.4 Å². The number of likely N-dealkylation sites (N-methyl/N-ethyl adjacent to an activating group) is 1. The first-order valence-corrected chi connectivity index (χ1v) is 14.0. The maximum Gasteiger partial charge on any atom is 0.136 e. The maximum absolute atomic E-state index is 6.27. The van der Waals surface area contributed by atoms with Crippen molar-refractivity contribution in [1.29, 1.82) is 0 Å². The van der Waals surface area contributed by atoms with E-state index in [4.69, 9.17) is 28.2 Å². The molecule has 0 fully saturated rings. The first-order chi connectivity index (χ1) is 18.1. The van der Waals surface area contributed by atoms with Crippen LogP contribution in [0.2, 0.25) is 0 Å². The third-order valence-electron chi connectivity index (χ3n) is 5.78. The number of amidine groups is 1. The summed E-state index contributed by atoms with van der Waals surface area (Å²) < 4.78 is 0. The van der Waals surface area contributed by atoms with Gasteiger partial charge in [-0.25, -0.2) is 4.99 Å². The lowest BCUT2D eigenvalue weighted by atomic mass is 10.0. The van der Waals surface area contributed by atoms with E-state index >= 15 is 0 Å². The molecule has 0 amide bonds. The number of allylic oxidation sites excluding steroid dienone is 4. The van der Waals surface area contributed by atoms with Crippen LogP contribution in [0.25, 0.3) is 0 Å². The number of alkyl halides is 1. The Morgan fingerprint density at radius 3 is 2.47 bits per heavy atom. The zero-order valence-electron chi connectivity index (χ0n) is 23.9. The van der Waals surface area contributed by atoms with Crippen LogP contribution < -0.4 is 16.0 Å². The van der Waals surface area contributed by atoms with E-state index in [1.165, 1.54) is 11.1 Å². The van der Waals surface area contributed by atoms with Crippen molar-refractivity contribution in [2.75, 3.05) is 30.1 Å². The smallest absolute Gasteiger partial charge is 0.136 e. The highest BCUT2D eigenvalue weighted by atomic mass is 35.5. The standard InChI is InChI=1S/C31H45Cl2N5/c1-10-26(20-27(33)17-18-32)29(11-2)35-24(7)14-13-19-38(9)31(22(4)5)37-25(8)36-28-16-15-23(6)30(21-28)34-12-3/h13,15-17,19-21,29,34-36H,4,7-8,10-12,14,18H2,1-3,5-6,9H3/b19-13-,26-20+,27-17+,37-31+. The fourth-order valence-electron chi connectivity index (χ4n) is 3.82. The lowest BCUT2D eigenvalue weighted by Crippen LogP contribution is -2.29. The molecule has 3 N–H and O–H groups in total. The highest BCUT2D eigenvalue weighted by molar-refractivity contribution is 6.32. The van der Waals surface area contributed by atoms with Crippen LogP contribution in [0, 0.1) is 6.92 Å². The molecule has 0 spiro atoms. The predicted molar refractivity (Wildman–Crippen MR) is 171 cm³/mol. The molecule has 1 atom stereocenters. The fraction of sp³-hybridized carbons (Fsp3) is 0.387. The average Bonchev–Trinajstić information content (AvgIpc) is 2.86. The number of rotatable bonds is 16. The number of hydrogen-bond donors (Lipinski definition) is 3. The van der Waals surface area contributed by atoms with Gasteiger partial charge in [-0.2, -0.15) is 0 Å². The molecule has 5 nitrogen and oxygen atoms in total. The van der Waals surface area contributed by atoms with Gasteiger partial charge in [0, 0.05) is 60.2 Å². The van der Waals surface area contributed by atoms with Crippen LogP contribution in [0.15, 0.2) is 95.1 Å². The summed E-state index contributed by atoms with van der Waals surface area (Å²) >= 11 is 12.0. The molecule has 0 heterocycles. The van der Waals surface area contributed by atoms with Gasteiger partial charge in [-0.05, 0) is 68.5 Å². The number of anilines is 2. The number of nitrogens with zero attached hydrogens (tertiary/aromatic N) is 2. The Morgan fingerprint density at radius 1 is 1.18 bits per heavy atom. The molecule has 1 aromatic rings. The number of benzene rings is 1. The molecule has 1 rings (SSSR count). The van der Waals surface area contributed by atoms with Crippen LogP contribution in [-0.2, 0) is 0 Å². The van der Waals surface area contributed by atoms with Crippen molar-refractivity contribution >= 4 is 40.4 Å². The van der Waals surface area contributed by atoms with E-state index in [1.54, 1.807) is 6.08 Å². The molecule has 0 aromatic heterocycles. The first kappa shape index (κ1) is 33.1. The van der Waals surface area contributed by atoms with E-state index in [9.17, 15) is 0 Å². The SMILES string of the molecule is C=C(C/C=C\N(C)/C(=N/C(=C)Nc1ccc(C)c(NCC)c1)C(=C)C)NC(CC)/C(=C/C(Cl)=C\CCl)CC. The van der Waals surface area contributed by atoms with Gasteiger partial charge in [-0.3, -0.25) is 0 Å². The van der Waals surface area contributed by atoms with Crippen molar-refractivity contribution in [3.8, 4) is 0 Å². The van der Waals surface area contributed by atoms with Crippen LogP contribution in [0.1, 0.15) is 52.5 Å². The Balaban J connectivity index is 2.86. The molecule has 0 radical (unpaired) electrons. The summed E-state index contributed by atoms with van der Waals surface area (Å²) in [4.78, 5) is 6.64. The summed E-state index contributed by atoms with van der Waals surface area (Å²) in [5.74, 6) is 1.65. The van der Waals surface area contributed by atoms with Gasteiger partial charge >= 0.3 is 0 Å². The second-order valence-electron chi connectivity index (χ2n) is 9.07. The van der Waals surface area contributed by atoms with Gasteiger partial charge in [0.15, 0.2) is 0 Å². The lowest BCUT2D eigenvalue weighted by Gasteiger charge is -2.22. The van der Waals surface area contributed by atoms with Gasteiger partial charge in [0.05, 0.1) is 0 Å². The third kappa shape index (κ3) is 11.7. The first-order valence-electron chi connectivity index (χ1n) is 13.1. The normalized spacial score (nSPS) is 13.3. The summed E-state index contributed by atoms with van der Waals surface area (Å²) in [5, 5.41) is 10.9. The van der Waals surface area contributed by atoms with Crippen molar-refractivity contribution in [3.05, 3.63) is 95.6 Å². The van der Waals surface area contributed by atoms with Crippen LogP contribution in [-0.4, -0.2) is 36.2 Å². The number of aliphatic imine (C=N–C) groups is 1. The molecule has 0 saturated carbocycles. The van der Waals surface area contributed by atoms with Crippen LogP contribution in [0.4, 0.5) is 11.4 Å². The summed E-state index contributed by atoms with van der Waals surface area (Å²) in [6.07, 6.45) is 10.3.